The summed E-state index contributed by atoms with van der Waals surface area (Å²) in [7, 11) is 0. The van der Waals surface area contributed by atoms with Crippen molar-refractivity contribution in [1.82, 2.24) is 10.9 Å². The Morgan fingerprint density at radius 1 is 1.88 bits per heavy atom. The van der Waals surface area contributed by atoms with Gasteiger partial charge in [-0.1, -0.05) is 18.7 Å². The highest BCUT2D eigenvalue weighted by Gasteiger charge is 1.83. The molecule has 0 aromatic heterocycles. The van der Waals surface area contributed by atoms with Gasteiger partial charge in [-0.15, -0.1) is 6.58 Å². The van der Waals surface area contributed by atoms with Crippen LogP contribution in [0, 0.1) is 0 Å². The maximum Gasteiger partial charge on any atom is 0.290 e. The predicted octanol–water partition coefficient (Wildman–Crippen LogP) is 0.316. The van der Waals surface area contributed by atoms with Crippen molar-refractivity contribution in [2.24, 2.45) is 0 Å². The molecule has 0 heterocycles. The van der Waals surface area contributed by atoms with E-state index >= 15 is 0 Å². The van der Waals surface area contributed by atoms with Crippen molar-refractivity contribution in [2.75, 3.05) is 6.54 Å². The minimum atomic E-state index is -0.396. The van der Waals surface area contributed by atoms with Crippen LogP contribution in [0.25, 0.3) is 0 Å². The second-order valence-electron chi connectivity index (χ2n) is 1.10. The quantitative estimate of drug-likeness (QED) is 0.224. The van der Waals surface area contributed by atoms with Gasteiger partial charge in [0.15, 0.2) is 0 Å². The van der Waals surface area contributed by atoms with Crippen LogP contribution in [0.4, 0.5) is 4.79 Å². The van der Waals surface area contributed by atoms with Gasteiger partial charge in [-0.2, -0.15) is 0 Å². The van der Waals surface area contributed by atoms with Crippen molar-refractivity contribution in [1.29, 1.82) is 0 Å². The maximum atomic E-state index is 9.97. The Morgan fingerprint density at radius 2 is 2.50 bits per heavy atom. The summed E-state index contributed by atoms with van der Waals surface area (Å²) in [5.74, 6) is 0. The molecule has 0 aromatic rings. The van der Waals surface area contributed by atoms with E-state index in [1.807, 2.05) is 0 Å². The topological polar surface area (TPSA) is 41.1 Å². The largest absolute Gasteiger partial charge is 0.290 e. The summed E-state index contributed by atoms with van der Waals surface area (Å²) in [5.41, 5.74) is 4.79. The van der Waals surface area contributed by atoms with E-state index in [9.17, 15) is 4.79 Å². The molecule has 0 aliphatic heterocycles. The minimum absolute atomic E-state index is 0.396. The molecule has 0 saturated carbocycles. The number of hydrogen-bond acceptors (Lipinski definition) is 2. The van der Waals surface area contributed by atoms with Gasteiger partial charge in [0.1, 0.15) is 0 Å². The van der Waals surface area contributed by atoms with Crippen LogP contribution >= 0.6 is 12.6 Å². The average Bonchev–Trinajstić information content (AvgIpc) is 1.66. The van der Waals surface area contributed by atoms with E-state index < -0.39 is 5.24 Å². The number of rotatable bonds is 3. The second-order valence-corrected chi connectivity index (χ2v) is 1.51. The average molecular weight is 132 g/mol. The molecule has 0 aliphatic rings. The molecule has 46 valence electrons. The monoisotopic (exact) mass is 132 g/mol. The molecule has 0 unspecified atom stereocenters. The van der Waals surface area contributed by atoms with Crippen molar-refractivity contribution < 1.29 is 4.79 Å². The Balaban J connectivity index is 2.93. The van der Waals surface area contributed by atoms with Crippen molar-refractivity contribution in [2.45, 2.75) is 0 Å². The zero-order valence-corrected chi connectivity index (χ0v) is 5.24. The Hall–Kier alpha value is -0.480. The van der Waals surface area contributed by atoms with Crippen LogP contribution < -0.4 is 10.9 Å². The number of hydrazine groups is 1. The van der Waals surface area contributed by atoms with Gasteiger partial charge in [0.05, 0.1) is 0 Å². The molecule has 0 atom stereocenters. The van der Waals surface area contributed by atoms with Crippen LogP contribution in [-0.4, -0.2) is 11.8 Å². The Morgan fingerprint density at radius 3 is 2.88 bits per heavy atom. The van der Waals surface area contributed by atoms with Gasteiger partial charge in [0.25, 0.3) is 5.24 Å². The number of nitrogens with one attached hydrogen (secondary N) is 2. The van der Waals surface area contributed by atoms with E-state index in [4.69, 9.17) is 0 Å². The fraction of sp³-hybridized carbons (Fsp3) is 0.250. The number of thiol groups is 1. The van der Waals surface area contributed by atoms with E-state index in [0.717, 1.165) is 0 Å². The van der Waals surface area contributed by atoms with Crippen LogP contribution in [0.3, 0.4) is 0 Å². The van der Waals surface area contributed by atoms with Gasteiger partial charge in [0, 0.05) is 6.54 Å². The molecule has 4 heteroatoms. The number of amides is 1. The van der Waals surface area contributed by atoms with Crippen LogP contribution in [0.2, 0.25) is 0 Å². The van der Waals surface area contributed by atoms with Crippen molar-refractivity contribution in [3.8, 4) is 0 Å². The van der Waals surface area contributed by atoms with Gasteiger partial charge in [-0.3, -0.25) is 10.2 Å². The lowest BCUT2D eigenvalue weighted by Crippen LogP contribution is -2.33. The number of hydrogen-bond donors (Lipinski definition) is 3. The number of carbonyl (C=O) groups is 1. The molecule has 0 saturated heterocycles. The molecule has 1 amide bonds. The van der Waals surface area contributed by atoms with Crippen molar-refractivity contribution in [3.63, 3.8) is 0 Å². The second kappa shape index (κ2) is 4.67. The van der Waals surface area contributed by atoms with E-state index in [0.29, 0.717) is 6.54 Å². The zero-order valence-electron chi connectivity index (χ0n) is 4.35. The van der Waals surface area contributed by atoms with Crippen molar-refractivity contribution >= 4 is 17.9 Å². The molecule has 0 rings (SSSR count). The van der Waals surface area contributed by atoms with E-state index in [1.165, 1.54) is 0 Å². The summed E-state index contributed by atoms with van der Waals surface area (Å²) in [4.78, 5) is 9.97. The van der Waals surface area contributed by atoms with Gasteiger partial charge < -0.3 is 0 Å². The molecular weight excluding hydrogens is 124 g/mol. The predicted molar refractivity (Wildman–Crippen MR) is 35.7 cm³/mol. The van der Waals surface area contributed by atoms with Gasteiger partial charge >= 0.3 is 0 Å². The zero-order chi connectivity index (χ0) is 6.41. The van der Waals surface area contributed by atoms with Crippen LogP contribution in [0.1, 0.15) is 0 Å². The van der Waals surface area contributed by atoms with Crippen molar-refractivity contribution in [3.05, 3.63) is 12.7 Å². The fourth-order valence-electron chi connectivity index (χ4n) is 0.199. The van der Waals surface area contributed by atoms with Gasteiger partial charge in [0.2, 0.25) is 0 Å². The Bertz CT molecular complexity index is 94.0. The summed E-state index contributed by atoms with van der Waals surface area (Å²) in [5, 5.41) is -0.396. The Kier molecular flexibility index (Phi) is 4.39. The first-order valence-electron chi connectivity index (χ1n) is 2.10. The summed E-state index contributed by atoms with van der Waals surface area (Å²) in [6.45, 7) is 3.97. The normalized spacial score (nSPS) is 8.12. The highest BCUT2D eigenvalue weighted by Crippen LogP contribution is 1.69. The molecule has 0 radical (unpaired) electrons. The highest BCUT2D eigenvalue weighted by atomic mass is 32.1. The molecule has 0 aromatic carbocycles. The molecule has 3 nitrogen and oxygen atoms in total. The first-order chi connectivity index (χ1) is 3.77. The standard InChI is InChI=1S/C4H8N2OS/c1-2-3-5-6-4(7)8/h2,5H,1,3H2,(H2,6,7,8). The lowest BCUT2D eigenvalue weighted by atomic mass is 10.7. The summed E-state index contributed by atoms with van der Waals surface area (Å²) in [6, 6.07) is 0. The third kappa shape index (κ3) is 5.52. The van der Waals surface area contributed by atoms with Crippen LogP contribution in [-0.2, 0) is 0 Å². The first-order valence-corrected chi connectivity index (χ1v) is 2.54. The minimum Gasteiger partial charge on any atom is -0.282 e. The lowest BCUT2D eigenvalue weighted by Gasteiger charge is -1.97. The van der Waals surface area contributed by atoms with E-state index in [2.05, 4.69) is 30.1 Å². The third-order valence-electron chi connectivity index (χ3n) is 0.442. The fourth-order valence-corrected chi connectivity index (χ4v) is 0.278. The lowest BCUT2D eigenvalue weighted by molar-refractivity contribution is 0.258. The maximum absolute atomic E-state index is 9.97. The number of carbonyl (C=O) groups excluding carboxylic acids is 1. The molecular formula is C4H8N2OS. The molecule has 0 aliphatic carbocycles. The SMILES string of the molecule is C=CCNNC(=O)S. The van der Waals surface area contributed by atoms with Crippen LogP contribution in [0.5, 0.6) is 0 Å². The molecule has 2 N–H and O–H groups in total. The van der Waals surface area contributed by atoms with E-state index in [1.54, 1.807) is 6.08 Å². The molecule has 0 bridgehead atoms. The Labute approximate surface area is 53.5 Å². The molecule has 8 heavy (non-hydrogen) atoms. The summed E-state index contributed by atoms with van der Waals surface area (Å²) >= 11 is 3.42. The van der Waals surface area contributed by atoms with E-state index in [-0.39, 0.29) is 0 Å². The summed E-state index contributed by atoms with van der Waals surface area (Å²) in [6.07, 6.45) is 1.63. The highest BCUT2D eigenvalue weighted by molar-refractivity contribution is 7.96. The third-order valence-corrected chi connectivity index (χ3v) is 0.554. The summed E-state index contributed by atoms with van der Waals surface area (Å²) < 4.78 is 0. The molecule has 0 spiro atoms. The van der Waals surface area contributed by atoms with Crippen LogP contribution in [0.15, 0.2) is 12.7 Å². The first kappa shape index (κ1) is 7.52. The smallest absolute Gasteiger partial charge is 0.282 e. The van der Waals surface area contributed by atoms with Gasteiger partial charge in [-0.05, 0) is 0 Å². The van der Waals surface area contributed by atoms with Gasteiger partial charge in [-0.25, -0.2) is 5.43 Å². The molecule has 0 fully saturated rings.